The van der Waals surface area contributed by atoms with Gasteiger partial charge in [-0.15, -0.1) is 0 Å². The molecule has 0 aliphatic carbocycles. The topological polar surface area (TPSA) is 54.7 Å². The normalized spacial score (nSPS) is 14.6. The van der Waals surface area contributed by atoms with E-state index in [1.165, 1.54) is 7.11 Å². The second kappa shape index (κ2) is 6.42. The van der Waals surface area contributed by atoms with Crippen molar-refractivity contribution in [2.24, 2.45) is 0 Å². The third kappa shape index (κ3) is 3.87. The molecule has 1 heterocycles. The average molecular weight is 240 g/mol. The van der Waals surface area contributed by atoms with Crippen LogP contribution in [0.15, 0.2) is 22.8 Å². The predicted octanol–water partition coefficient (Wildman–Crippen LogP) is 1.03. The molecule has 1 rings (SSSR count). The minimum absolute atomic E-state index is 0.0945. The van der Waals surface area contributed by atoms with Gasteiger partial charge in [0.05, 0.1) is 19.4 Å². The monoisotopic (exact) mass is 240 g/mol. The van der Waals surface area contributed by atoms with Gasteiger partial charge in [0.25, 0.3) is 0 Å². The molecule has 2 unspecified atom stereocenters. The summed E-state index contributed by atoms with van der Waals surface area (Å²) in [4.78, 5) is 13.3. The zero-order valence-electron chi connectivity index (χ0n) is 10.8. The highest BCUT2D eigenvalue weighted by Crippen LogP contribution is 2.17. The molecule has 1 aromatic rings. The minimum atomic E-state index is -0.322. The first-order valence-electron chi connectivity index (χ1n) is 5.57. The highest BCUT2D eigenvalue weighted by Gasteiger charge is 2.19. The molecule has 5 nitrogen and oxygen atoms in total. The summed E-state index contributed by atoms with van der Waals surface area (Å²) < 4.78 is 10.0. The van der Waals surface area contributed by atoms with E-state index in [4.69, 9.17) is 4.42 Å². The van der Waals surface area contributed by atoms with Crippen LogP contribution in [0.1, 0.15) is 18.7 Å². The Labute approximate surface area is 102 Å². The molecular weight excluding hydrogens is 220 g/mol. The van der Waals surface area contributed by atoms with Crippen LogP contribution in [-0.4, -0.2) is 44.7 Å². The number of hydrogen-bond acceptors (Lipinski definition) is 5. The minimum Gasteiger partial charge on any atom is -0.468 e. The smallest absolute Gasteiger partial charge is 0.322 e. The van der Waals surface area contributed by atoms with Gasteiger partial charge in [-0.2, -0.15) is 0 Å². The van der Waals surface area contributed by atoms with E-state index in [1.807, 2.05) is 31.1 Å². The Morgan fingerprint density at radius 3 is 2.76 bits per heavy atom. The van der Waals surface area contributed by atoms with Gasteiger partial charge < -0.3 is 14.5 Å². The van der Waals surface area contributed by atoms with E-state index in [0.29, 0.717) is 6.54 Å². The predicted molar refractivity (Wildman–Crippen MR) is 64.6 cm³/mol. The van der Waals surface area contributed by atoms with Crippen molar-refractivity contribution in [3.8, 4) is 0 Å². The number of likely N-dealkylation sites (N-methyl/N-ethyl adjacent to an activating group) is 1. The van der Waals surface area contributed by atoms with Crippen molar-refractivity contribution in [2.45, 2.75) is 19.0 Å². The van der Waals surface area contributed by atoms with Crippen LogP contribution < -0.4 is 5.32 Å². The van der Waals surface area contributed by atoms with Crippen molar-refractivity contribution in [1.82, 2.24) is 10.2 Å². The number of ether oxygens (including phenoxy) is 1. The van der Waals surface area contributed by atoms with Crippen molar-refractivity contribution >= 4 is 5.97 Å². The summed E-state index contributed by atoms with van der Waals surface area (Å²) in [6.07, 6.45) is 1.65. The number of rotatable bonds is 6. The van der Waals surface area contributed by atoms with E-state index < -0.39 is 0 Å². The van der Waals surface area contributed by atoms with Gasteiger partial charge >= 0.3 is 5.97 Å². The molecule has 5 heteroatoms. The molecule has 0 radical (unpaired) electrons. The van der Waals surface area contributed by atoms with Crippen LogP contribution in [-0.2, 0) is 9.53 Å². The molecule has 0 bridgehead atoms. The van der Waals surface area contributed by atoms with Crippen LogP contribution >= 0.6 is 0 Å². The van der Waals surface area contributed by atoms with E-state index in [0.717, 1.165) is 5.76 Å². The van der Waals surface area contributed by atoms with E-state index in [1.54, 1.807) is 13.2 Å². The maximum absolute atomic E-state index is 11.3. The maximum atomic E-state index is 11.3. The summed E-state index contributed by atoms with van der Waals surface area (Å²) >= 11 is 0. The zero-order valence-corrected chi connectivity index (χ0v) is 10.8. The molecule has 0 spiro atoms. The van der Waals surface area contributed by atoms with Crippen molar-refractivity contribution in [2.75, 3.05) is 27.7 Å². The summed E-state index contributed by atoms with van der Waals surface area (Å²) in [6, 6.07) is 3.56. The van der Waals surface area contributed by atoms with E-state index >= 15 is 0 Å². The number of nitrogens with zero attached hydrogens (tertiary/aromatic N) is 1. The van der Waals surface area contributed by atoms with Crippen LogP contribution in [0, 0.1) is 0 Å². The molecule has 1 aromatic heterocycles. The maximum Gasteiger partial charge on any atom is 0.322 e. The number of furan rings is 1. The molecule has 0 aromatic carbocycles. The number of nitrogens with one attached hydrogen (secondary N) is 1. The fourth-order valence-corrected chi connectivity index (χ4v) is 1.57. The largest absolute Gasteiger partial charge is 0.468 e. The summed E-state index contributed by atoms with van der Waals surface area (Å²) in [5.74, 6) is 0.613. The van der Waals surface area contributed by atoms with E-state index in [-0.39, 0.29) is 18.1 Å². The second-order valence-corrected chi connectivity index (χ2v) is 4.15. The van der Waals surface area contributed by atoms with Gasteiger partial charge in [-0.05, 0) is 33.2 Å². The Hall–Kier alpha value is -1.33. The molecule has 2 atom stereocenters. The first kappa shape index (κ1) is 13.7. The lowest BCUT2D eigenvalue weighted by molar-refractivity contribution is -0.142. The van der Waals surface area contributed by atoms with Crippen LogP contribution in [0.2, 0.25) is 0 Å². The van der Waals surface area contributed by atoms with Crippen LogP contribution in [0.25, 0.3) is 0 Å². The molecule has 0 amide bonds. The number of hydrogen-bond donors (Lipinski definition) is 1. The average Bonchev–Trinajstić information content (AvgIpc) is 2.81. The molecular formula is C12H20N2O3. The van der Waals surface area contributed by atoms with Gasteiger partial charge in [0.15, 0.2) is 0 Å². The Bertz CT molecular complexity index is 336. The number of esters is 1. The van der Waals surface area contributed by atoms with E-state index in [9.17, 15) is 4.79 Å². The van der Waals surface area contributed by atoms with Gasteiger partial charge in [-0.1, -0.05) is 0 Å². The van der Waals surface area contributed by atoms with Crippen LogP contribution in [0.5, 0.6) is 0 Å². The third-order valence-corrected chi connectivity index (χ3v) is 2.67. The SMILES string of the molecule is COC(=O)C(C)NCC(c1ccco1)N(C)C. The lowest BCUT2D eigenvalue weighted by Gasteiger charge is -2.24. The molecule has 0 saturated carbocycles. The zero-order chi connectivity index (χ0) is 12.8. The quantitative estimate of drug-likeness (QED) is 0.753. The molecule has 96 valence electrons. The van der Waals surface area contributed by atoms with Crippen LogP contribution in [0.3, 0.4) is 0 Å². The van der Waals surface area contributed by atoms with E-state index in [2.05, 4.69) is 10.1 Å². The first-order valence-corrected chi connectivity index (χ1v) is 5.57. The number of carbonyl (C=O) groups excluding carboxylic acids is 1. The number of carbonyl (C=O) groups is 1. The summed E-state index contributed by atoms with van der Waals surface area (Å²) in [6.45, 7) is 2.40. The van der Waals surface area contributed by atoms with Crippen LogP contribution in [0.4, 0.5) is 0 Å². The van der Waals surface area contributed by atoms with Gasteiger partial charge in [0.1, 0.15) is 11.8 Å². The Morgan fingerprint density at radius 2 is 2.29 bits per heavy atom. The van der Waals surface area contributed by atoms with Gasteiger partial charge in [-0.25, -0.2) is 0 Å². The third-order valence-electron chi connectivity index (χ3n) is 2.67. The summed E-state index contributed by atoms with van der Waals surface area (Å²) in [5, 5.41) is 3.13. The van der Waals surface area contributed by atoms with Gasteiger partial charge in [0.2, 0.25) is 0 Å². The lowest BCUT2D eigenvalue weighted by Crippen LogP contribution is -2.40. The second-order valence-electron chi connectivity index (χ2n) is 4.15. The molecule has 0 aliphatic heterocycles. The molecule has 17 heavy (non-hydrogen) atoms. The molecule has 0 aliphatic rings. The Balaban J connectivity index is 2.55. The molecule has 0 fully saturated rings. The van der Waals surface area contributed by atoms with Gasteiger partial charge in [0, 0.05) is 6.54 Å². The lowest BCUT2D eigenvalue weighted by atomic mass is 10.2. The number of methoxy groups -OCH3 is 1. The Morgan fingerprint density at radius 1 is 1.59 bits per heavy atom. The summed E-state index contributed by atoms with van der Waals surface area (Å²) in [5.41, 5.74) is 0. The fourth-order valence-electron chi connectivity index (χ4n) is 1.57. The standard InChI is InChI=1S/C12H20N2O3/c1-9(12(15)16-4)13-8-10(14(2)3)11-6-5-7-17-11/h5-7,9-10,13H,8H2,1-4H3. The van der Waals surface area contributed by atoms with Crippen molar-refractivity contribution in [1.29, 1.82) is 0 Å². The highest BCUT2D eigenvalue weighted by molar-refractivity contribution is 5.75. The van der Waals surface area contributed by atoms with Crippen molar-refractivity contribution in [3.05, 3.63) is 24.2 Å². The Kier molecular flexibility index (Phi) is 5.18. The molecule has 1 N–H and O–H groups in total. The van der Waals surface area contributed by atoms with Crippen molar-refractivity contribution in [3.63, 3.8) is 0 Å². The summed E-state index contributed by atoms with van der Waals surface area (Å²) in [7, 11) is 5.33. The van der Waals surface area contributed by atoms with Crippen molar-refractivity contribution < 1.29 is 13.9 Å². The fraction of sp³-hybridized carbons (Fsp3) is 0.583. The van der Waals surface area contributed by atoms with Gasteiger partial charge in [-0.3, -0.25) is 9.69 Å². The molecule has 0 saturated heterocycles. The highest BCUT2D eigenvalue weighted by atomic mass is 16.5. The first-order chi connectivity index (χ1) is 8.06.